The molecule has 3 aliphatic rings. The van der Waals surface area contributed by atoms with E-state index >= 15 is 0 Å². The number of hydrogen-bond acceptors (Lipinski definition) is 7. The molecule has 2 unspecified atom stereocenters. The third-order valence-corrected chi connectivity index (χ3v) is 9.45. The summed E-state index contributed by atoms with van der Waals surface area (Å²) in [5.74, 6) is -1.51. The maximum atomic E-state index is 13.0. The Morgan fingerprint density at radius 3 is 2.67 bits per heavy atom. The minimum atomic E-state index is -2.09. The molecular weight excluding hydrogens is 443 g/mol. The average Bonchev–Trinajstić information content (AvgIpc) is 3.06. The number of hydrazone groups is 2. The fraction of sp³-hybridized carbons (Fsp3) is 0.565. The third kappa shape index (κ3) is 4.98. The quantitative estimate of drug-likeness (QED) is 0.337. The van der Waals surface area contributed by atoms with Crippen LogP contribution in [-0.2, 0) is 14.2 Å². The fourth-order valence-electron chi connectivity index (χ4n) is 5.03. The average molecular weight is 474 g/mol. The van der Waals surface area contributed by atoms with Crippen LogP contribution in [0.15, 0.2) is 28.4 Å². The number of aliphatic carboxylic acids is 1. The van der Waals surface area contributed by atoms with Crippen molar-refractivity contribution in [2.45, 2.75) is 57.4 Å². The molecule has 4 rings (SSSR count). The van der Waals surface area contributed by atoms with E-state index in [0.29, 0.717) is 55.0 Å². The van der Waals surface area contributed by atoms with E-state index in [1.54, 1.807) is 19.1 Å². The van der Waals surface area contributed by atoms with Crippen molar-refractivity contribution in [2.24, 2.45) is 16.1 Å². The van der Waals surface area contributed by atoms with Gasteiger partial charge in [-0.15, -0.1) is 0 Å². The lowest BCUT2D eigenvalue weighted by atomic mass is 9.77. The standard InChI is InChI=1S/C23H31N4O5P/c1-14-20(22(29)27(26-14)17-9-11-33(2,32)12-10-17)25-24-19-8-4-7-18(21(19)28)15-5-3-6-16(13-15)23(30)31/h4,7-8,15-17,24,28H,3,5-6,9-13H2,1-2H3,(H,30,31). The summed E-state index contributed by atoms with van der Waals surface area (Å²) >= 11 is 0. The SMILES string of the molecule is CC1=NN(C2CCP(C)(=O)CC2)C(=O)C1=NNc1cccc(C2CCCC(C(=O)O)C2)c1O. The number of para-hydroxylation sites is 1. The number of rotatable bonds is 5. The Bertz CT molecular complexity index is 1060. The predicted molar refractivity (Wildman–Crippen MR) is 128 cm³/mol. The molecule has 2 fully saturated rings. The summed E-state index contributed by atoms with van der Waals surface area (Å²) < 4.78 is 12.3. The van der Waals surface area contributed by atoms with E-state index in [4.69, 9.17) is 0 Å². The zero-order valence-corrected chi connectivity index (χ0v) is 19.9. The first-order chi connectivity index (χ1) is 15.7. The molecule has 0 bridgehead atoms. The van der Waals surface area contributed by atoms with Crippen LogP contribution in [0.2, 0.25) is 0 Å². The van der Waals surface area contributed by atoms with Gasteiger partial charge in [0.1, 0.15) is 5.75 Å². The van der Waals surface area contributed by atoms with E-state index in [1.807, 2.05) is 12.7 Å². The number of amides is 1. The van der Waals surface area contributed by atoms with Gasteiger partial charge >= 0.3 is 5.97 Å². The van der Waals surface area contributed by atoms with Gasteiger partial charge in [0.15, 0.2) is 5.71 Å². The number of phenols is 1. The van der Waals surface area contributed by atoms with Gasteiger partial charge in [0.25, 0.3) is 5.91 Å². The fourth-order valence-corrected chi connectivity index (χ4v) is 6.94. The number of benzene rings is 1. The number of carbonyl (C=O) groups excluding carboxylic acids is 1. The molecule has 1 amide bonds. The lowest BCUT2D eigenvalue weighted by Gasteiger charge is -2.30. The monoisotopic (exact) mass is 474 g/mol. The molecule has 2 heterocycles. The number of hydrogen-bond donors (Lipinski definition) is 3. The van der Waals surface area contributed by atoms with Crippen molar-refractivity contribution >= 4 is 36.1 Å². The molecule has 1 aliphatic carbocycles. The molecule has 1 saturated heterocycles. The summed E-state index contributed by atoms with van der Waals surface area (Å²) in [7, 11) is -2.09. The molecule has 10 heteroatoms. The molecule has 9 nitrogen and oxygen atoms in total. The Labute approximate surface area is 193 Å². The lowest BCUT2D eigenvalue weighted by Crippen LogP contribution is -2.39. The number of phenolic OH excluding ortho intramolecular Hbond substituents is 1. The van der Waals surface area contributed by atoms with Crippen LogP contribution in [0.5, 0.6) is 5.75 Å². The van der Waals surface area contributed by atoms with Crippen LogP contribution >= 0.6 is 7.14 Å². The zero-order chi connectivity index (χ0) is 23.8. The van der Waals surface area contributed by atoms with Gasteiger partial charge < -0.3 is 14.8 Å². The largest absolute Gasteiger partial charge is 0.505 e. The minimum absolute atomic E-state index is 0.0285. The van der Waals surface area contributed by atoms with Gasteiger partial charge in [0, 0.05) is 12.3 Å². The van der Waals surface area contributed by atoms with Gasteiger partial charge in [0.05, 0.1) is 30.5 Å². The maximum Gasteiger partial charge on any atom is 0.306 e. The number of nitrogens with one attached hydrogen (secondary N) is 1. The summed E-state index contributed by atoms with van der Waals surface area (Å²) in [5.41, 5.74) is 4.55. The second kappa shape index (κ2) is 9.29. The Morgan fingerprint density at radius 1 is 1.24 bits per heavy atom. The second-order valence-corrected chi connectivity index (χ2v) is 13.0. The van der Waals surface area contributed by atoms with E-state index in [0.717, 1.165) is 12.8 Å². The molecule has 0 aromatic heterocycles. The van der Waals surface area contributed by atoms with Crippen LogP contribution in [0.4, 0.5) is 5.69 Å². The Morgan fingerprint density at radius 2 is 1.97 bits per heavy atom. The Kier molecular flexibility index (Phi) is 6.61. The molecule has 3 N–H and O–H groups in total. The van der Waals surface area contributed by atoms with Gasteiger partial charge in [-0.1, -0.05) is 18.6 Å². The topological polar surface area (TPSA) is 132 Å². The first-order valence-electron chi connectivity index (χ1n) is 11.5. The summed E-state index contributed by atoms with van der Waals surface area (Å²) in [6.07, 6.45) is 5.34. The maximum absolute atomic E-state index is 13.0. The van der Waals surface area contributed by atoms with E-state index < -0.39 is 19.0 Å². The number of aromatic hydroxyl groups is 1. The molecule has 0 spiro atoms. The van der Waals surface area contributed by atoms with Crippen molar-refractivity contribution < 1.29 is 24.4 Å². The van der Waals surface area contributed by atoms with Gasteiger partial charge in [-0.05, 0) is 63.2 Å². The first kappa shape index (κ1) is 23.5. The predicted octanol–water partition coefficient (Wildman–Crippen LogP) is 3.89. The van der Waals surface area contributed by atoms with E-state index in [1.165, 1.54) is 5.01 Å². The smallest absolute Gasteiger partial charge is 0.306 e. The highest BCUT2D eigenvalue weighted by Crippen LogP contribution is 2.47. The van der Waals surface area contributed by atoms with Gasteiger partial charge in [-0.25, -0.2) is 5.01 Å². The molecule has 1 aromatic carbocycles. The van der Waals surface area contributed by atoms with Crippen molar-refractivity contribution in [2.75, 3.05) is 24.4 Å². The van der Waals surface area contributed by atoms with Crippen molar-refractivity contribution in [3.63, 3.8) is 0 Å². The Balaban J connectivity index is 1.47. The summed E-state index contributed by atoms with van der Waals surface area (Å²) in [4.78, 5) is 24.4. The summed E-state index contributed by atoms with van der Waals surface area (Å²) in [6.45, 7) is 3.53. The van der Waals surface area contributed by atoms with Crippen LogP contribution in [0.3, 0.4) is 0 Å². The van der Waals surface area contributed by atoms with Crippen LogP contribution < -0.4 is 5.43 Å². The number of nitrogens with zero attached hydrogens (tertiary/aromatic N) is 3. The van der Waals surface area contributed by atoms with Gasteiger partial charge in [-0.2, -0.15) is 10.2 Å². The summed E-state index contributed by atoms with van der Waals surface area (Å²) in [5, 5.41) is 30.3. The minimum Gasteiger partial charge on any atom is -0.505 e. The van der Waals surface area contributed by atoms with Crippen molar-refractivity contribution in [3.8, 4) is 5.75 Å². The Hall–Kier alpha value is -2.67. The molecule has 2 atom stereocenters. The highest BCUT2D eigenvalue weighted by atomic mass is 31.2. The van der Waals surface area contributed by atoms with Crippen LogP contribution in [0.25, 0.3) is 0 Å². The third-order valence-electron chi connectivity index (χ3n) is 7.05. The van der Waals surface area contributed by atoms with E-state index in [9.17, 15) is 24.4 Å². The number of carboxylic acids is 1. The lowest BCUT2D eigenvalue weighted by molar-refractivity contribution is -0.143. The van der Waals surface area contributed by atoms with Crippen molar-refractivity contribution in [1.82, 2.24) is 5.01 Å². The highest BCUT2D eigenvalue weighted by Gasteiger charge is 2.38. The molecular formula is C23H31N4O5P. The number of carbonyl (C=O) groups is 2. The molecule has 33 heavy (non-hydrogen) atoms. The van der Waals surface area contributed by atoms with Gasteiger partial charge in [-0.3, -0.25) is 15.0 Å². The summed E-state index contributed by atoms with van der Waals surface area (Å²) in [6, 6.07) is 5.20. The first-order valence-corrected chi connectivity index (χ1v) is 14.0. The van der Waals surface area contributed by atoms with E-state index in [2.05, 4.69) is 15.6 Å². The van der Waals surface area contributed by atoms with Crippen LogP contribution in [0, 0.1) is 5.92 Å². The molecule has 2 aliphatic heterocycles. The highest BCUT2D eigenvalue weighted by molar-refractivity contribution is 7.63. The van der Waals surface area contributed by atoms with Crippen molar-refractivity contribution in [1.29, 1.82) is 0 Å². The molecule has 1 aromatic rings. The number of anilines is 1. The number of carboxylic acid groups (broad SMARTS) is 1. The zero-order valence-electron chi connectivity index (χ0n) is 19.0. The van der Waals surface area contributed by atoms with Gasteiger partial charge in [0.2, 0.25) is 0 Å². The molecule has 178 valence electrons. The normalized spacial score (nSPS) is 31.5. The van der Waals surface area contributed by atoms with Crippen LogP contribution in [-0.4, -0.2) is 63.6 Å². The van der Waals surface area contributed by atoms with Crippen LogP contribution in [0.1, 0.15) is 56.9 Å². The van der Waals surface area contributed by atoms with Crippen molar-refractivity contribution in [3.05, 3.63) is 23.8 Å². The van der Waals surface area contributed by atoms with E-state index in [-0.39, 0.29) is 29.3 Å². The molecule has 1 saturated carbocycles. The second-order valence-electron chi connectivity index (χ2n) is 9.52. The molecule has 0 radical (unpaired) electrons.